The van der Waals surface area contributed by atoms with Crippen molar-refractivity contribution in [3.05, 3.63) is 47.5 Å². The summed E-state index contributed by atoms with van der Waals surface area (Å²) in [6.45, 7) is 5.80. The lowest BCUT2D eigenvalue weighted by Crippen LogP contribution is -2.38. The lowest BCUT2D eigenvalue weighted by atomic mass is 10.2. The van der Waals surface area contributed by atoms with Crippen LogP contribution in [-0.2, 0) is 29.6 Å². The highest BCUT2D eigenvalue weighted by molar-refractivity contribution is 5.79. The molecule has 8 heteroatoms. The minimum atomic E-state index is 0.558. The summed E-state index contributed by atoms with van der Waals surface area (Å²) in [4.78, 5) is 4.67. The monoisotopic (exact) mass is 374 g/mol. The third kappa shape index (κ3) is 7.76. The topological polar surface area (TPSA) is 85.6 Å². The fraction of sp³-hybridized carbons (Fsp3) is 0.526. The normalized spacial score (nSPS) is 11.6. The number of hydrogen-bond acceptors (Lipinski definition) is 5. The Kier molecular flexibility index (Phi) is 9.29. The van der Waals surface area contributed by atoms with Crippen LogP contribution in [0.15, 0.2) is 35.3 Å². The Morgan fingerprint density at radius 3 is 2.63 bits per heavy atom. The van der Waals surface area contributed by atoms with Crippen molar-refractivity contribution in [2.24, 2.45) is 12.0 Å². The van der Waals surface area contributed by atoms with Crippen LogP contribution in [0, 0.1) is 6.92 Å². The standard InChI is InChI=1S/C19H30N6O2/c1-16-23-24-18(25(16)2)15-22-19(20-10-7-11-27-13-12-26-3)21-14-17-8-5-4-6-9-17/h4-6,8-9H,7,10-15H2,1-3H3,(H2,20,21,22). The molecule has 8 nitrogen and oxygen atoms in total. The SMILES string of the molecule is COCCOCCCNC(=NCc1ccccc1)NCc1nnc(C)n1C. The Bertz CT molecular complexity index is 687. The van der Waals surface area contributed by atoms with E-state index in [-0.39, 0.29) is 0 Å². The number of aliphatic imine (C=N–C) groups is 1. The highest BCUT2D eigenvalue weighted by Crippen LogP contribution is 2.01. The summed E-state index contributed by atoms with van der Waals surface area (Å²) in [7, 11) is 3.63. The van der Waals surface area contributed by atoms with Gasteiger partial charge in [-0.2, -0.15) is 0 Å². The number of aryl methyl sites for hydroxylation is 1. The molecule has 0 fully saturated rings. The van der Waals surface area contributed by atoms with Crippen molar-refractivity contribution in [2.45, 2.75) is 26.4 Å². The minimum absolute atomic E-state index is 0.558. The molecule has 0 spiro atoms. The van der Waals surface area contributed by atoms with E-state index in [4.69, 9.17) is 9.47 Å². The Labute approximate surface area is 161 Å². The average molecular weight is 374 g/mol. The van der Waals surface area contributed by atoms with E-state index in [1.54, 1.807) is 7.11 Å². The molecular weight excluding hydrogens is 344 g/mol. The van der Waals surface area contributed by atoms with Crippen LogP contribution in [0.25, 0.3) is 0 Å². The van der Waals surface area contributed by atoms with E-state index in [1.807, 2.05) is 36.7 Å². The maximum atomic E-state index is 5.49. The lowest BCUT2D eigenvalue weighted by molar-refractivity contribution is 0.0698. The van der Waals surface area contributed by atoms with E-state index in [9.17, 15) is 0 Å². The smallest absolute Gasteiger partial charge is 0.191 e. The summed E-state index contributed by atoms with van der Waals surface area (Å²) in [6, 6.07) is 10.2. The van der Waals surface area contributed by atoms with Gasteiger partial charge >= 0.3 is 0 Å². The molecule has 0 saturated heterocycles. The number of methoxy groups -OCH3 is 1. The first kappa shape index (κ1) is 20.9. The zero-order valence-electron chi connectivity index (χ0n) is 16.4. The molecule has 2 N–H and O–H groups in total. The second-order valence-electron chi connectivity index (χ2n) is 6.11. The Balaban J connectivity index is 1.84. The average Bonchev–Trinajstić information content (AvgIpc) is 3.01. The molecule has 2 rings (SSSR count). The van der Waals surface area contributed by atoms with Crippen LogP contribution in [0.4, 0.5) is 0 Å². The van der Waals surface area contributed by atoms with E-state index in [2.05, 4.69) is 38.0 Å². The molecule has 2 aromatic rings. The van der Waals surface area contributed by atoms with Gasteiger partial charge in [-0.25, -0.2) is 4.99 Å². The molecule has 0 aliphatic carbocycles. The van der Waals surface area contributed by atoms with Crippen LogP contribution in [0.3, 0.4) is 0 Å². The van der Waals surface area contributed by atoms with Gasteiger partial charge < -0.3 is 24.7 Å². The van der Waals surface area contributed by atoms with Crippen molar-refractivity contribution in [1.29, 1.82) is 0 Å². The highest BCUT2D eigenvalue weighted by Gasteiger charge is 2.06. The van der Waals surface area contributed by atoms with Gasteiger partial charge in [0, 0.05) is 27.3 Å². The largest absolute Gasteiger partial charge is 0.382 e. The predicted molar refractivity (Wildman–Crippen MR) is 105 cm³/mol. The molecule has 148 valence electrons. The molecule has 0 atom stereocenters. The van der Waals surface area contributed by atoms with Crippen LogP contribution < -0.4 is 10.6 Å². The predicted octanol–water partition coefficient (Wildman–Crippen LogP) is 1.41. The number of benzene rings is 1. The van der Waals surface area contributed by atoms with Crippen LogP contribution >= 0.6 is 0 Å². The Morgan fingerprint density at radius 1 is 1.11 bits per heavy atom. The molecule has 0 unspecified atom stereocenters. The van der Waals surface area contributed by atoms with Crippen molar-refractivity contribution in [1.82, 2.24) is 25.4 Å². The van der Waals surface area contributed by atoms with E-state index in [0.29, 0.717) is 32.9 Å². The van der Waals surface area contributed by atoms with Crippen LogP contribution in [0.2, 0.25) is 0 Å². The van der Waals surface area contributed by atoms with Crippen LogP contribution in [-0.4, -0.2) is 54.2 Å². The first-order chi connectivity index (χ1) is 13.2. The van der Waals surface area contributed by atoms with Crippen LogP contribution in [0.5, 0.6) is 0 Å². The van der Waals surface area contributed by atoms with E-state index < -0.39 is 0 Å². The van der Waals surface area contributed by atoms with Gasteiger partial charge in [-0.15, -0.1) is 10.2 Å². The van der Waals surface area contributed by atoms with Gasteiger partial charge in [-0.1, -0.05) is 30.3 Å². The zero-order chi connectivity index (χ0) is 19.3. The van der Waals surface area contributed by atoms with Gasteiger partial charge in [0.1, 0.15) is 5.82 Å². The Morgan fingerprint density at radius 2 is 1.93 bits per heavy atom. The fourth-order valence-corrected chi connectivity index (χ4v) is 2.32. The number of guanidine groups is 1. The third-order valence-electron chi connectivity index (χ3n) is 4.05. The van der Waals surface area contributed by atoms with Crippen LogP contribution in [0.1, 0.15) is 23.6 Å². The van der Waals surface area contributed by atoms with Crippen molar-refractivity contribution >= 4 is 5.96 Å². The number of rotatable bonds is 11. The molecular formula is C19H30N6O2. The summed E-state index contributed by atoms with van der Waals surface area (Å²) < 4.78 is 12.4. The van der Waals surface area contributed by atoms with Gasteiger partial charge in [0.25, 0.3) is 0 Å². The van der Waals surface area contributed by atoms with Gasteiger partial charge in [-0.05, 0) is 18.9 Å². The quantitative estimate of drug-likeness (QED) is 0.351. The summed E-state index contributed by atoms with van der Waals surface area (Å²) in [5.41, 5.74) is 1.16. The van der Waals surface area contributed by atoms with Gasteiger partial charge in [0.15, 0.2) is 11.8 Å². The minimum Gasteiger partial charge on any atom is -0.382 e. The van der Waals surface area contributed by atoms with Gasteiger partial charge in [0.2, 0.25) is 0 Å². The summed E-state index contributed by atoms with van der Waals surface area (Å²) in [6.07, 6.45) is 0.888. The van der Waals surface area contributed by atoms with E-state index >= 15 is 0 Å². The summed E-state index contributed by atoms with van der Waals surface area (Å²) in [5.74, 6) is 2.50. The molecule has 1 aromatic heterocycles. The first-order valence-corrected chi connectivity index (χ1v) is 9.18. The van der Waals surface area contributed by atoms with Crippen molar-refractivity contribution in [2.75, 3.05) is 33.5 Å². The summed E-state index contributed by atoms with van der Waals surface area (Å²) >= 11 is 0. The second-order valence-corrected chi connectivity index (χ2v) is 6.11. The number of nitrogens with zero attached hydrogens (tertiary/aromatic N) is 4. The maximum absolute atomic E-state index is 5.49. The van der Waals surface area contributed by atoms with Crippen molar-refractivity contribution in [3.63, 3.8) is 0 Å². The highest BCUT2D eigenvalue weighted by atomic mass is 16.5. The summed E-state index contributed by atoms with van der Waals surface area (Å²) in [5, 5.41) is 14.9. The number of nitrogens with one attached hydrogen (secondary N) is 2. The number of aromatic nitrogens is 3. The number of hydrogen-bond donors (Lipinski definition) is 2. The lowest BCUT2D eigenvalue weighted by Gasteiger charge is -2.13. The van der Waals surface area contributed by atoms with E-state index in [1.165, 1.54) is 0 Å². The molecule has 0 saturated carbocycles. The van der Waals surface area contributed by atoms with Gasteiger partial charge in [-0.3, -0.25) is 0 Å². The fourth-order valence-electron chi connectivity index (χ4n) is 2.32. The van der Waals surface area contributed by atoms with Gasteiger partial charge in [0.05, 0.1) is 26.3 Å². The molecule has 0 aliphatic rings. The second kappa shape index (κ2) is 12.0. The molecule has 27 heavy (non-hydrogen) atoms. The zero-order valence-corrected chi connectivity index (χ0v) is 16.4. The number of ether oxygens (including phenoxy) is 2. The molecule has 0 aliphatic heterocycles. The molecule has 0 amide bonds. The van der Waals surface area contributed by atoms with Crippen molar-refractivity contribution < 1.29 is 9.47 Å². The Hall–Kier alpha value is -2.45. The maximum Gasteiger partial charge on any atom is 0.191 e. The molecule has 1 heterocycles. The van der Waals surface area contributed by atoms with Crippen molar-refractivity contribution in [3.8, 4) is 0 Å². The third-order valence-corrected chi connectivity index (χ3v) is 4.05. The first-order valence-electron chi connectivity index (χ1n) is 9.18. The molecule has 0 radical (unpaired) electrons. The molecule has 0 bridgehead atoms. The van der Waals surface area contributed by atoms with E-state index in [0.717, 1.165) is 36.1 Å². The molecule has 1 aromatic carbocycles.